The molecule has 0 unspecified atom stereocenters. The van der Waals surface area contributed by atoms with Crippen LogP contribution >= 0.6 is 11.6 Å². The first-order chi connectivity index (χ1) is 14.4. The normalized spacial score (nSPS) is 11.9. The lowest BCUT2D eigenvalue weighted by atomic mass is 10.1. The molecule has 0 aliphatic carbocycles. The zero-order valence-corrected chi connectivity index (χ0v) is 17.2. The van der Waals surface area contributed by atoms with Crippen LogP contribution in [0.25, 0.3) is 11.1 Å². The van der Waals surface area contributed by atoms with Crippen molar-refractivity contribution in [2.75, 3.05) is 5.32 Å². The first-order valence-corrected chi connectivity index (χ1v) is 10.6. The lowest BCUT2D eigenvalue weighted by Crippen LogP contribution is -2.17. The minimum absolute atomic E-state index is 0.159. The van der Waals surface area contributed by atoms with Crippen molar-refractivity contribution in [2.45, 2.75) is 17.5 Å². The second kappa shape index (κ2) is 8.66. The van der Waals surface area contributed by atoms with Crippen LogP contribution in [0.4, 0.5) is 18.9 Å². The van der Waals surface area contributed by atoms with E-state index in [-0.39, 0.29) is 27.7 Å². The first-order valence-electron chi connectivity index (χ1n) is 8.68. The Kier molecular flexibility index (Phi) is 6.35. The van der Waals surface area contributed by atoms with E-state index in [1.54, 1.807) is 6.07 Å². The number of alkyl halides is 3. The maximum atomic E-state index is 12.6. The molecular formula is C20H15ClF3N3O3S. The van der Waals surface area contributed by atoms with Gasteiger partial charge in [-0.2, -0.15) is 13.2 Å². The number of sulfonamides is 1. The molecule has 0 saturated carbocycles. The van der Waals surface area contributed by atoms with Crippen LogP contribution in [-0.4, -0.2) is 19.3 Å². The Morgan fingerprint density at radius 3 is 2.29 bits per heavy atom. The predicted molar refractivity (Wildman–Crippen MR) is 110 cm³/mol. The van der Waals surface area contributed by atoms with E-state index in [0.717, 1.165) is 12.1 Å². The number of hydrogen-bond donors (Lipinski definition) is 2. The van der Waals surface area contributed by atoms with Gasteiger partial charge in [-0.3, -0.25) is 4.79 Å². The third-order valence-electron chi connectivity index (χ3n) is 4.26. The van der Waals surface area contributed by atoms with Gasteiger partial charge in [0, 0.05) is 23.0 Å². The number of carbonyl (C=O) groups is 1. The summed E-state index contributed by atoms with van der Waals surface area (Å²) in [4.78, 5) is 16.0. The quantitative estimate of drug-likeness (QED) is 0.545. The Balaban J connectivity index is 1.81. The van der Waals surface area contributed by atoms with Gasteiger partial charge in [0.25, 0.3) is 0 Å². The number of anilines is 1. The molecule has 162 valence electrons. The molecule has 1 heterocycles. The summed E-state index contributed by atoms with van der Waals surface area (Å²) in [5.41, 5.74) is 0.429. The highest BCUT2D eigenvalue weighted by molar-refractivity contribution is 7.89. The number of pyridine rings is 1. The Bertz CT molecular complexity index is 1210. The lowest BCUT2D eigenvalue weighted by Gasteiger charge is -2.12. The standard InChI is InChI=1S/C20H15ClF3N3O3S/c21-18-8-3-13(11-26-18)16-7-6-15(10-17(16)31(25,29)30)27-19(28)9-12-1-4-14(5-2-12)20(22,23)24/h1-8,10-11H,9H2,(H,27,28)(H2,25,29,30). The van der Waals surface area contributed by atoms with Gasteiger partial charge in [0.05, 0.1) is 16.9 Å². The SMILES string of the molecule is NS(=O)(=O)c1cc(NC(=O)Cc2ccc(C(F)(F)F)cc2)ccc1-c1ccc(Cl)nc1. The fraction of sp³-hybridized carbons (Fsp3) is 0.100. The molecule has 2 aromatic carbocycles. The summed E-state index contributed by atoms with van der Waals surface area (Å²) >= 11 is 5.75. The number of carbonyl (C=O) groups excluding carboxylic acids is 1. The summed E-state index contributed by atoms with van der Waals surface area (Å²) < 4.78 is 62.0. The predicted octanol–water partition coefficient (Wildman–Crippen LogP) is 4.25. The van der Waals surface area contributed by atoms with Gasteiger partial charge in [-0.05, 0) is 42.0 Å². The van der Waals surface area contributed by atoms with Crippen LogP contribution in [0.5, 0.6) is 0 Å². The van der Waals surface area contributed by atoms with Gasteiger partial charge in [-0.25, -0.2) is 18.5 Å². The fourth-order valence-corrected chi connectivity index (χ4v) is 3.71. The molecule has 1 amide bonds. The molecule has 0 radical (unpaired) electrons. The second-order valence-corrected chi connectivity index (χ2v) is 8.46. The Morgan fingerprint density at radius 2 is 1.74 bits per heavy atom. The topological polar surface area (TPSA) is 102 Å². The van der Waals surface area contributed by atoms with E-state index < -0.39 is 27.7 Å². The summed E-state index contributed by atoms with van der Waals surface area (Å²) in [6.45, 7) is 0. The van der Waals surface area contributed by atoms with Crippen LogP contribution in [0.15, 0.2) is 65.7 Å². The van der Waals surface area contributed by atoms with Crippen LogP contribution in [0.1, 0.15) is 11.1 Å². The molecule has 31 heavy (non-hydrogen) atoms. The number of rotatable bonds is 5. The van der Waals surface area contributed by atoms with Gasteiger partial charge >= 0.3 is 6.18 Å². The van der Waals surface area contributed by atoms with Crippen molar-refractivity contribution < 1.29 is 26.4 Å². The first kappa shape index (κ1) is 22.7. The van der Waals surface area contributed by atoms with Crippen molar-refractivity contribution >= 4 is 33.2 Å². The Labute approximate surface area is 180 Å². The molecule has 0 saturated heterocycles. The van der Waals surface area contributed by atoms with Gasteiger partial charge in [-0.1, -0.05) is 29.8 Å². The molecule has 3 rings (SSSR count). The fourth-order valence-electron chi connectivity index (χ4n) is 2.81. The number of aromatic nitrogens is 1. The van der Waals surface area contributed by atoms with E-state index in [1.165, 1.54) is 42.6 Å². The molecule has 0 atom stereocenters. The molecule has 3 aromatic rings. The van der Waals surface area contributed by atoms with Crippen molar-refractivity contribution in [3.05, 3.63) is 77.1 Å². The van der Waals surface area contributed by atoms with Crippen molar-refractivity contribution in [1.82, 2.24) is 4.98 Å². The molecule has 11 heteroatoms. The number of hydrogen-bond acceptors (Lipinski definition) is 4. The maximum Gasteiger partial charge on any atom is 0.416 e. The number of benzene rings is 2. The van der Waals surface area contributed by atoms with Crippen LogP contribution < -0.4 is 10.5 Å². The van der Waals surface area contributed by atoms with Crippen molar-refractivity contribution in [1.29, 1.82) is 0 Å². The summed E-state index contributed by atoms with van der Waals surface area (Å²) in [6.07, 6.45) is -3.28. The molecule has 3 N–H and O–H groups in total. The average molecular weight is 470 g/mol. The molecule has 0 fully saturated rings. The van der Waals surface area contributed by atoms with Gasteiger partial charge < -0.3 is 5.32 Å². The zero-order chi connectivity index (χ0) is 22.8. The highest BCUT2D eigenvalue weighted by Gasteiger charge is 2.30. The molecule has 6 nitrogen and oxygen atoms in total. The van der Waals surface area contributed by atoms with Crippen LogP contribution in [0.2, 0.25) is 5.15 Å². The minimum atomic E-state index is -4.47. The average Bonchev–Trinajstić information content (AvgIpc) is 2.67. The number of halogens is 4. The van der Waals surface area contributed by atoms with Crippen molar-refractivity contribution in [2.24, 2.45) is 5.14 Å². The van der Waals surface area contributed by atoms with E-state index in [1.807, 2.05) is 0 Å². The number of nitrogens with two attached hydrogens (primary N) is 1. The molecule has 0 bridgehead atoms. The van der Waals surface area contributed by atoms with E-state index >= 15 is 0 Å². The van der Waals surface area contributed by atoms with Crippen LogP contribution in [0.3, 0.4) is 0 Å². The minimum Gasteiger partial charge on any atom is -0.326 e. The van der Waals surface area contributed by atoms with E-state index in [9.17, 15) is 26.4 Å². The number of nitrogens with one attached hydrogen (secondary N) is 1. The molecule has 0 aliphatic rings. The van der Waals surface area contributed by atoms with Gasteiger partial charge in [0.15, 0.2) is 0 Å². The van der Waals surface area contributed by atoms with Gasteiger partial charge in [0.1, 0.15) is 5.15 Å². The van der Waals surface area contributed by atoms with Gasteiger partial charge in [0.2, 0.25) is 15.9 Å². The summed E-state index contributed by atoms with van der Waals surface area (Å²) in [5, 5.41) is 8.07. The van der Waals surface area contributed by atoms with Crippen LogP contribution in [0, 0.1) is 0 Å². The van der Waals surface area contributed by atoms with E-state index in [2.05, 4.69) is 10.3 Å². The summed E-state index contributed by atoms with van der Waals surface area (Å²) in [5.74, 6) is -0.541. The third-order valence-corrected chi connectivity index (χ3v) is 5.43. The summed E-state index contributed by atoms with van der Waals surface area (Å²) in [6, 6.07) is 11.4. The summed E-state index contributed by atoms with van der Waals surface area (Å²) in [7, 11) is -4.15. The maximum absolute atomic E-state index is 12.6. The molecule has 1 aromatic heterocycles. The number of primary sulfonamides is 1. The lowest BCUT2D eigenvalue weighted by molar-refractivity contribution is -0.137. The van der Waals surface area contributed by atoms with E-state index in [4.69, 9.17) is 16.7 Å². The highest BCUT2D eigenvalue weighted by atomic mass is 35.5. The third kappa shape index (κ3) is 5.81. The Morgan fingerprint density at radius 1 is 1.06 bits per heavy atom. The van der Waals surface area contributed by atoms with E-state index in [0.29, 0.717) is 11.1 Å². The van der Waals surface area contributed by atoms with Crippen molar-refractivity contribution in [3.8, 4) is 11.1 Å². The second-order valence-electron chi connectivity index (χ2n) is 6.55. The molecular weight excluding hydrogens is 455 g/mol. The van der Waals surface area contributed by atoms with Gasteiger partial charge in [-0.15, -0.1) is 0 Å². The number of nitrogens with zero attached hydrogens (tertiary/aromatic N) is 1. The monoisotopic (exact) mass is 469 g/mol. The largest absolute Gasteiger partial charge is 0.416 e. The highest BCUT2D eigenvalue weighted by Crippen LogP contribution is 2.30. The Hall–Kier alpha value is -2.95. The molecule has 0 aliphatic heterocycles. The number of amides is 1. The smallest absolute Gasteiger partial charge is 0.326 e. The zero-order valence-electron chi connectivity index (χ0n) is 15.7. The molecule has 0 spiro atoms. The van der Waals surface area contributed by atoms with Crippen LogP contribution in [-0.2, 0) is 27.4 Å². The van der Waals surface area contributed by atoms with Crippen molar-refractivity contribution in [3.63, 3.8) is 0 Å².